The highest BCUT2D eigenvalue weighted by Gasteiger charge is 2.19. The molecule has 0 bridgehead atoms. The maximum Gasteiger partial charge on any atom is -0.0389 e. The summed E-state index contributed by atoms with van der Waals surface area (Å²) in [6.45, 7) is 16.8. The molecule has 152 valence electrons. The lowest BCUT2D eigenvalue weighted by molar-refractivity contribution is 0.246. The van der Waals surface area contributed by atoms with Crippen molar-refractivity contribution in [3.63, 3.8) is 0 Å². The third kappa shape index (κ3) is 13.8. The van der Waals surface area contributed by atoms with Gasteiger partial charge in [0.2, 0.25) is 0 Å². The smallest absolute Gasteiger partial charge is 0.0389 e. The van der Waals surface area contributed by atoms with Crippen LogP contribution >= 0.6 is 0 Å². The monoisotopic (exact) mass is 352 g/mol. The van der Waals surface area contributed by atoms with E-state index in [0.29, 0.717) is 0 Å². The summed E-state index contributed by atoms with van der Waals surface area (Å²) in [5.74, 6) is 4.66. The Bertz CT molecular complexity index is 265. The fourth-order valence-corrected chi connectivity index (χ4v) is 4.74. The van der Waals surface area contributed by atoms with Crippen molar-refractivity contribution in [3.05, 3.63) is 0 Å². The maximum absolute atomic E-state index is 2.45. The maximum atomic E-state index is 2.45. The van der Waals surface area contributed by atoms with E-state index in [1.807, 2.05) is 0 Å². The summed E-state index contributed by atoms with van der Waals surface area (Å²) in [4.78, 5) is 0. The summed E-state index contributed by atoms with van der Waals surface area (Å²) in [7, 11) is 0. The summed E-state index contributed by atoms with van der Waals surface area (Å²) < 4.78 is 0. The van der Waals surface area contributed by atoms with Gasteiger partial charge in [-0.1, -0.05) is 119 Å². The minimum Gasteiger partial charge on any atom is -0.0654 e. The second kappa shape index (κ2) is 16.2. The van der Waals surface area contributed by atoms with Crippen molar-refractivity contribution in [1.82, 2.24) is 0 Å². The van der Waals surface area contributed by atoms with Crippen LogP contribution in [-0.4, -0.2) is 0 Å². The Hall–Kier alpha value is 0. The van der Waals surface area contributed by atoms with E-state index in [9.17, 15) is 0 Å². The molecule has 0 aromatic rings. The second-order valence-electron chi connectivity index (χ2n) is 9.61. The molecule has 3 atom stereocenters. The van der Waals surface area contributed by atoms with Crippen molar-refractivity contribution in [2.24, 2.45) is 29.6 Å². The number of hydrogen-bond acceptors (Lipinski definition) is 0. The molecule has 3 unspecified atom stereocenters. The highest BCUT2D eigenvalue weighted by molar-refractivity contribution is 4.71. The summed E-state index contributed by atoms with van der Waals surface area (Å²) in [6.07, 6.45) is 18.8. The molecule has 0 aliphatic carbocycles. The molecule has 0 heteroatoms. The Morgan fingerprint density at radius 2 is 1.08 bits per heavy atom. The fourth-order valence-electron chi connectivity index (χ4n) is 4.74. The molecule has 0 aliphatic rings. The highest BCUT2D eigenvalue weighted by atomic mass is 14.2. The van der Waals surface area contributed by atoms with Gasteiger partial charge in [-0.3, -0.25) is 0 Å². The van der Waals surface area contributed by atoms with E-state index < -0.39 is 0 Å². The molecule has 0 nitrogen and oxygen atoms in total. The van der Waals surface area contributed by atoms with Gasteiger partial charge >= 0.3 is 0 Å². The first-order chi connectivity index (χ1) is 11.9. The van der Waals surface area contributed by atoms with Crippen LogP contribution < -0.4 is 0 Å². The predicted octanol–water partition coefficient (Wildman–Crippen LogP) is 9.28. The largest absolute Gasteiger partial charge is 0.0654 e. The van der Waals surface area contributed by atoms with Gasteiger partial charge in [-0.25, -0.2) is 0 Å². The molecule has 0 aromatic carbocycles. The Balaban J connectivity index is 4.48. The van der Waals surface area contributed by atoms with Gasteiger partial charge in [0.15, 0.2) is 0 Å². The van der Waals surface area contributed by atoms with Gasteiger partial charge in [0, 0.05) is 0 Å². The predicted molar refractivity (Wildman–Crippen MR) is 117 cm³/mol. The quantitative estimate of drug-likeness (QED) is 0.229. The summed E-state index contributed by atoms with van der Waals surface area (Å²) in [5.41, 5.74) is 0. The average molecular weight is 353 g/mol. The highest BCUT2D eigenvalue weighted by Crippen LogP contribution is 2.32. The third-order valence-electron chi connectivity index (χ3n) is 6.18. The van der Waals surface area contributed by atoms with Gasteiger partial charge < -0.3 is 0 Å². The molecule has 0 saturated heterocycles. The van der Waals surface area contributed by atoms with E-state index in [-0.39, 0.29) is 0 Å². The van der Waals surface area contributed by atoms with Crippen LogP contribution in [0.3, 0.4) is 0 Å². The summed E-state index contributed by atoms with van der Waals surface area (Å²) in [5, 5.41) is 0. The van der Waals surface area contributed by atoms with Crippen LogP contribution in [0, 0.1) is 29.6 Å². The van der Waals surface area contributed by atoms with E-state index >= 15 is 0 Å². The summed E-state index contributed by atoms with van der Waals surface area (Å²) in [6, 6.07) is 0. The first-order valence-electron chi connectivity index (χ1n) is 11.9. The van der Waals surface area contributed by atoms with Crippen LogP contribution in [0.25, 0.3) is 0 Å². The van der Waals surface area contributed by atoms with Crippen molar-refractivity contribution in [2.45, 2.75) is 132 Å². The topological polar surface area (TPSA) is 0 Å². The molecule has 0 N–H and O–H groups in total. The molecule has 0 amide bonds. The van der Waals surface area contributed by atoms with Gasteiger partial charge in [-0.15, -0.1) is 0 Å². The van der Waals surface area contributed by atoms with Crippen molar-refractivity contribution in [3.8, 4) is 0 Å². The van der Waals surface area contributed by atoms with Crippen molar-refractivity contribution < 1.29 is 0 Å². The van der Waals surface area contributed by atoms with Crippen molar-refractivity contribution >= 4 is 0 Å². The Labute approximate surface area is 161 Å². The Morgan fingerprint density at radius 1 is 0.520 bits per heavy atom. The molecule has 0 aliphatic heterocycles. The van der Waals surface area contributed by atoms with Crippen LogP contribution in [0.4, 0.5) is 0 Å². The zero-order chi connectivity index (χ0) is 19.1. The van der Waals surface area contributed by atoms with Crippen LogP contribution in [-0.2, 0) is 0 Å². The van der Waals surface area contributed by atoms with E-state index in [1.165, 1.54) is 83.5 Å². The summed E-state index contributed by atoms with van der Waals surface area (Å²) >= 11 is 0. The Morgan fingerprint density at radius 3 is 1.56 bits per heavy atom. The molecule has 0 saturated carbocycles. The molecular formula is C25H52. The van der Waals surface area contributed by atoms with Crippen LogP contribution in [0.2, 0.25) is 0 Å². The van der Waals surface area contributed by atoms with Crippen LogP contribution in [0.15, 0.2) is 0 Å². The van der Waals surface area contributed by atoms with Gasteiger partial charge in [0.25, 0.3) is 0 Å². The van der Waals surface area contributed by atoms with Gasteiger partial charge in [-0.2, -0.15) is 0 Å². The van der Waals surface area contributed by atoms with Crippen molar-refractivity contribution in [1.29, 1.82) is 0 Å². The lowest BCUT2D eigenvalue weighted by atomic mass is 9.79. The molecule has 0 radical (unpaired) electrons. The van der Waals surface area contributed by atoms with E-state index in [1.54, 1.807) is 0 Å². The molecule has 25 heavy (non-hydrogen) atoms. The number of hydrogen-bond donors (Lipinski definition) is 0. The van der Waals surface area contributed by atoms with Crippen LogP contribution in [0.5, 0.6) is 0 Å². The van der Waals surface area contributed by atoms with Gasteiger partial charge in [0.05, 0.1) is 0 Å². The van der Waals surface area contributed by atoms with E-state index in [0.717, 1.165) is 29.6 Å². The zero-order valence-electron chi connectivity index (χ0n) is 19.1. The lowest BCUT2D eigenvalue weighted by Gasteiger charge is -2.27. The first kappa shape index (κ1) is 25.0. The average Bonchev–Trinajstić information content (AvgIpc) is 2.53. The molecule has 0 fully saturated rings. The van der Waals surface area contributed by atoms with Crippen LogP contribution in [0.1, 0.15) is 132 Å². The Kier molecular flexibility index (Phi) is 16.2. The minimum atomic E-state index is 0.863. The molecule has 0 spiro atoms. The molecule has 0 heterocycles. The second-order valence-corrected chi connectivity index (χ2v) is 9.61. The van der Waals surface area contributed by atoms with E-state index in [2.05, 4.69) is 48.5 Å². The third-order valence-corrected chi connectivity index (χ3v) is 6.18. The fraction of sp³-hybridized carbons (Fsp3) is 1.00. The minimum absolute atomic E-state index is 0.863. The molecule has 0 aromatic heterocycles. The first-order valence-corrected chi connectivity index (χ1v) is 11.9. The van der Waals surface area contributed by atoms with E-state index in [4.69, 9.17) is 0 Å². The SMILES string of the molecule is CCCCCC(CCCC(CCC)CC(C)C)CC(CCC)C(C)C. The standard InChI is InChI=1S/C25H52/c1-8-11-12-16-24(20-25(15-10-3)22(6)7)18-13-17-23(14-9-2)19-21(4)5/h21-25H,8-20H2,1-7H3. The lowest BCUT2D eigenvalue weighted by Crippen LogP contribution is -2.15. The zero-order valence-corrected chi connectivity index (χ0v) is 19.1. The number of unbranched alkanes of at least 4 members (excludes halogenated alkanes) is 2. The van der Waals surface area contributed by atoms with Gasteiger partial charge in [-0.05, 0) is 42.4 Å². The molecular weight excluding hydrogens is 300 g/mol. The number of rotatable bonds is 17. The van der Waals surface area contributed by atoms with Crippen molar-refractivity contribution in [2.75, 3.05) is 0 Å². The normalized spacial score (nSPS) is 15.7. The van der Waals surface area contributed by atoms with Gasteiger partial charge in [0.1, 0.15) is 0 Å². The molecule has 0 rings (SSSR count).